The Morgan fingerprint density at radius 3 is 2.60 bits per heavy atom. The van der Waals surface area contributed by atoms with Gasteiger partial charge in [0.2, 0.25) is 0 Å². The Labute approximate surface area is 124 Å². The van der Waals surface area contributed by atoms with E-state index in [0.29, 0.717) is 5.41 Å². The molecule has 114 valence electrons. The summed E-state index contributed by atoms with van der Waals surface area (Å²) >= 11 is 0. The second-order valence-electron chi connectivity index (χ2n) is 8.37. The second-order valence-corrected chi connectivity index (χ2v) is 8.37. The van der Waals surface area contributed by atoms with Crippen molar-refractivity contribution in [2.45, 2.75) is 76.8 Å². The quantitative estimate of drug-likeness (QED) is 0.808. The van der Waals surface area contributed by atoms with Crippen molar-refractivity contribution in [3.63, 3.8) is 0 Å². The number of hydrogen-bond donors (Lipinski definition) is 2. The summed E-state index contributed by atoms with van der Waals surface area (Å²) in [5, 5.41) is 7.62. The first-order chi connectivity index (χ1) is 9.77. The van der Waals surface area contributed by atoms with Crippen LogP contribution in [0.2, 0.25) is 0 Å². The van der Waals surface area contributed by atoms with Crippen molar-refractivity contribution in [3.8, 4) is 0 Å². The molecular formula is C18H32N2. The summed E-state index contributed by atoms with van der Waals surface area (Å²) in [4.78, 5) is 0. The van der Waals surface area contributed by atoms with Crippen molar-refractivity contribution < 1.29 is 0 Å². The lowest BCUT2D eigenvalue weighted by atomic mass is 9.69. The highest BCUT2D eigenvalue weighted by Gasteiger charge is 2.46. The van der Waals surface area contributed by atoms with Gasteiger partial charge >= 0.3 is 0 Å². The zero-order valence-electron chi connectivity index (χ0n) is 13.2. The molecule has 0 aromatic carbocycles. The molecule has 2 saturated heterocycles. The zero-order valence-corrected chi connectivity index (χ0v) is 13.2. The van der Waals surface area contributed by atoms with Crippen molar-refractivity contribution in [1.29, 1.82) is 0 Å². The Hall–Kier alpha value is -0.0800. The SMILES string of the molecule is CC1NCC2CC(CC3NCCCC34CCCC4)CC21. The average Bonchev–Trinajstić information content (AvgIpc) is 3.13. The topological polar surface area (TPSA) is 24.1 Å². The van der Waals surface area contributed by atoms with Crippen molar-refractivity contribution in [2.75, 3.05) is 13.1 Å². The van der Waals surface area contributed by atoms with E-state index in [4.69, 9.17) is 0 Å². The number of fused-ring (bicyclic) bond motifs is 1. The molecule has 4 fully saturated rings. The third-order valence-corrected chi connectivity index (χ3v) is 7.34. The molecule has 2 nitrogen and oxygen atoms in total. The third kappa shape index (κ3) is 2.23. The van der Waals surface area contributed by atoms with Gasteiger partial charge < -0.3 is 10.6 Å². The Morgan fingerprint density at radius 1 is 1.00 bits per heavy atom. The van der Waals surface area contributed by atoms with Gasteiger partial charge in [0.05, 0.1) is 0 Å². The molecule has 20 heavy (non-hydrogen) atoms. The average molecular weight is 276 g/mol. The highest BCUT2D eigenvalue weighted by atomic mass is 15.0. The van der Waals surface area contributed by atoms with Crippen molar-refractivity contribution in [1.82, 2.24) is 10.6 Å². The number of hydrogen-bond acceptors (Lipinski definition) is 2. The molecule has 0 radical (unpaired) electrons. The normalized spacial score (nSPS) is 47.0. The highest BCUT2D eigenvalue weighted by Crippen LogP contribution is 2.50. The lowest BCUT2D eigenvalue weighted by molar-refractivity contribution is 0.118. The summed E-state index contributed by atoms with van der Waals surface area (Å²) in [5.41, 5.74) is 0.708. The summed E-state index contributed by atoms with van der Waals surface area (Å²) in [6, 6.07) is 1.63. The van der Waals surface area contributed by atoms with Crippen LogP contribution < -0.4 is 10.6 Å². The van der Waals surface area contributed by atoms with Gasteiger partial charge in [-0.15, -0.1) is 0 Å². The molecule has 4 rings (SSSR count). The van der Waals surface area contributed by atoms with Gasteiger partial charge in [-0.05, 0) is 88.1 Å². The molecule has 2 aliphatic carbocycles. The summed E-state index contributed by atoms with van der Waals surface area (Å²) in [6.45, 7) is 4.99. The lowest BCUT2D eigenvalue weighted by Gasteiger charge is -2.43. The minimum atomic E-state index is 0.708. The minimum absolute atomic E-state index is 0.708. The maximum absolute atomic E-state index is 3.94. The van der Waals surface area contributed by atoms with Crippen molar-refractivity contribution >= 4 is 0 Å². The van der Waals surface area contributed by atoms with Gasteiger partial charge in [-0.2, -0.15) is 0 Å². The van der Waals surface area contributed by atoms with Gasteiger partial charge in [0.15, 0.2) is 0 Å². The van der Waals surface area contributed by atoms with Crippen LogP contribution in [0.1, 0.15) is 64.7 Å². The van der Waals surface area contributed by atoms with E-state index in [0.717, 1.165) is 29.8 Å². The Morgan fingerprint density at radius 2 is 1.80 bits per heavy atom. The predicted octanol–water partition coefficient (Wildman–Crippen LogP) is 3.32. The number of nitrogens with one attached hydrogen (secondary N) is 2. The fraction of sp³-hybridized carbons (Fsp3) is 1.00. The van der Waals surface area contributed by atoms with Crippen LogP contribution in [-0.4, -0.2) is 25.2 Å². The third-order valence-electron chi connectivity index (χ3n) is 7.34. The van der Waals surface area contributed by atoms with Crippen LogP contribution >= 0.6 is 0 Å². The molecule has 2 heterocycles. The Bertz CT molecular complexity index is 347. The van der Waals surface area contributed by atoms with E-state index in [-0.39, 0.29) is 0 Å². The molecule has 0 bridgehead atoms. The molecule has 2 heteroatoms. The summed E-state index contributed by atoms with van der Waals surface area (Å²) in [6.07, 6.45) is 13.5. The van der Waals surface area contributed by atoms with Gasteiger partial charge in [-0.1, -0.05) is 12.8 Å². The van der Waals surface area contributed by atoms with E-state index in [1.54, 1.807) is 0 Å². The van der Waals surface area contributed by atoms with E-state index >= 15 is 0 Å². The lowest BCUT2D eigenvalue weighted by Crippen LogP contribution is -2.49. The maximum Gasteiger partial charge on any atom is 0.0126 e. The molecule has 2 aliphatic heterocycles. The monoisotopic (exact) mass is 276 g/mol. The first kappa shape index (κ1) is 13.6. The molecule has 0 aromatic rings. The van der Waals surface area contributed by atoms with Gasteiger partial charge in [-0.25, -0.2) is 0 Å². The summed E-state index contributed by atoms with van der Waals surface area (Å²) in [7, 11) is 0. The fourth-order valence-electron chi connectivity index (χ4n) is 6.26. The van der Waals surface area contributed by atoms with Crippen LogP contribution in [0.3, 0.4) is 0 Å². The summed E-state index contributed by atoms with van der Waals surface area (Å²) in [5.74, 6) is 3.00. The van der Waals surface area contributed by atoms with E-state index in [2.05, 4.69) is 17.6 Å². The first-order valence-corrected chi connectivity index (χ1v) is 9.24. The minimum Gasteiger partial charge on any atom is -0.314 e. The molecule has 0 amide bonds. The van der Waals surface area contributed by atoms with Crippen LogP contribution in [0.15, 0.2) is 0 Å². The summed E-state index contributed by atoms with van der Waals surface area (Å²) < 4.78 is 0. The van der Waals surface area contributed by atoms with E-state index in [1.165, 1.54) is 70.9 Å². The molecule has 1 spiro atoms. The van der Waals surface area contributed by atoms with Crippen LogP contribution in [0, 0.1) is 23.2 Å². The van der Waals surface area contributed by atoms with Gasteiger partial charge in [0.1, 0.15) is 0 Å². The highest BCUT2D eigenvalue weighted by molar-refractivity contribution is 5.01. The van der Waals surface area contributed by atoms with Crippen LogP contribution in [0.5, 0.6) is 0 Å². The first-order valence-electron chi connectivity index (χ1n) is 9.24. The van der Waals surface area contributed by atoms with E-state index in [1.807, 2.05) is 0 Å². The fourth-order valence-corrected chi connectivity index (χ4v) is 6.26. The maximum atomic E-state index is 3.94. The standard InChI is InChI=1S/C18H32N2/c1-13-16-10-14(9-15(16)12-20-13)11-17-18(5-2-3-6-18)7-4-8-19-17/h13-17,19-20H,2-12H2,1H3. The molecule has 4 aliphatic rings. The van der Waals surface area contributed by atoms with E-state index in [9.17, 15) is 0 Å². The van der Waals surface area contributed by atoms with Gasteiger partial charge in [0, 0.05) is 12.1 Å². The van der Waals surface area contributed by atoms with Crippen LogP contribution in [0.25, 0.3) is 0 Å². The largest absolute Gasteiger partial charge is 0.314 e. The van der Waals surface area contributed by atoms with Gasteiger partial charge in [0.25, 0.3) is 0 Å². The zero-order chi connectivity index (χ0) is 13.6. The smallest absolute Gasteiger partial charge is 0.0126 e. The number of rotatable bonds is 2. The van der Waals surface area contributed by atoms with Crippen molar-refractivity contribution in [3.05, 3.63) is 0 Å². The van der Waals surface area contributed by atoms with Crippen LogP contribution in [-0.2, 0) is 0 Å². The number of piperidine rings is 1. The molecule has 5 unspecified atom stereocenters. The second kappa shape index (κ2) is 5.28. The van der Waals surface area contributed by atoms with E-state index < -0.39 is 0 Å². The molecule has 5 atom stereocenters. The molecule has 0 aromatic heterocycles. The van der Waals surface area contributed by atoms with Crippen molar-refractivity contribution in [2.24, 2.45) is 23.2 Å². The predicted molar refractivity (Wildman–Crippen MR) is 83.7 cm³/mol. The molecular weight excluding hydrogens is 244 g/mol. The Kier molecular flexibility index (Phi) is 3.58. The van der Waals surface area contributed by atoms with Gasteiger partial charge in [-0.3, -0.25) is 0 Å². The molecule has 2 saturated carbocycles. The van der Waals surface area contributed by atoms with Crippen LogP contribution in [0.4, 0.5) is 0 Å². The Balaban J connectivity index is 1.41. The molecule has 2 N–H and O–H groups in total.